The van der Waals surface area contributed by atoms with Gasteiger partial charge in [-0.1, -0.05) is 0 Å². The van der Waals surface area contributed by atoms with Crippen LogP contribution in [-0.2, 0) is 20.9 Å². The Morgan fingerprint density at radius 3 is 2.55 bits per heavy atom. The van der Waals surface area contributed by atoms with E-state index in [2.05, 4.69) is 15.9 Å². The van der Waals surface area contributed by atoms with Gasteiger partial charge in [-0.05, 0) is 34.1 Å². The van der Waals surface area contributed by atoms with Crippen molar-refractivity contribution in [2.24, 2.45) is 0 Å². The van der Waals surface area contributed by atoms with Crippen molar-refractivity contribution in [3.05, 3.63) is 28.2 Å². The van der Waals surface area contributed by atoms with E-state index < -0.39 is 26.7 Å². The third-order valence-corrected chi connectivity index (χ3v) is 5.63. The minimum atomic E-state index is -4.59. The van der Waals surface area contributed by atoms with Crippen molar-refractivity contribution in [3.63, 3.8) is 0 Å². The van der Waals surface area contributed by atoms with E-state index in [0.29, 0.717) is 12.7 Å². The molecule has 1 aliphatic heterocycles. The maximum Gasteiger partial charge on any atom is 0.416 e. The highest BCUT2D eigenvalue weighted by Crippen LogP contribution is 2.34. The number of halogens is 4. The van der Waals surface area contributed by atoms with Crippen LogP contribution in [0.1, 0.15) is 5.56 Å². The van der Waals surface area contributed by atoms with Gasteiger partial charge >= 0.3 is 6.18 Å². The van der Waals surface area contributed by atoms with Crippen LogP contribution in [0.4, 0.5) is 13.2 Å². The van der Waals surface area contributed by atoms with Crippen molar-refractivity contribution in [3.8, 4) is 0 Å². The Balaban J connectivity index is 2.39. The molecule has 2 rings (SSSR count). The fourth-order valence-electron chi connectivity index (χ4n) is 1.60. The summed E-state index contributed by atoms with van der Waals surface area (Å²) in [5.74, 6) is 0. The minimum Gasteiger partial charge on any atom is -0.372 e. The number of hydrogen-bond acceptors (Lipinski definition) is 3. The number of benzene rings is 1. The first kappa shape index (κ1) is 15.7. The SMILES string of the molecule is CN(CC1CO1)S(=O)(=O)c1cc(C(F)(F)F)ccc1Br. The number of rotatable bonds is 4. The topological polar surface area (TPSA) is 49.9 Å². The van der Waals surface area contributed by atoms with E-state index in [1.807, 2.05) is 0 Å². The summed E-state index contributed by atoms with van der Waals surface area (Å²) in [5, 5.41) is 0. The van der Waals surface area contributed by atoms with Crippen molar-refractivity contribution < 1.29 is 26.3 Å². The van der Waals surface area contributed by atoms with Crippen molar-refractivity contribution >= 4 is 26.0 Å². The van der Waals surface area contributed by atoms with E-state index >= 15 is 0 Å². The predicted octanol–water partition coefficient (Wildman–Crippen LogP) is 2.49. The molecule has 1 aromatic carbocycles. The van der Waals surface area contributed by atoms with E-state index in [1.54, 1.807) is 0 Å². The van der Waals surface area contributed by atoms with Crippen LogP contribution in [-0.4, -0.2) is 39.0 Å². The second-order valence-corrected chi connectivity index (χ2v) is 7.25. The zero-order chi connectivity index (χ0) is 15.1. The fraction of sp³-hybridized carbons (Fsp3) is 0.455. The maximum absolute atomic E-state index is 12.7. The molecule has 0 radical (unpaired) electrons. The van der Waals surface area contributed by atoms with Gasteiger partial charge in [0, 0.05) is 18.1 Å². The second kappa shape index (κ2) is 5.28. The number of alkyl halides is 3. The molecule has 0 aliphatic carbocycles. The summed E-state index contributed by atoms with van der Waals surface area (Å²) in [6.07, 6.45) is -4.78. The van der Waals surface area contributed by atoms with E-state index in [0.717, 1.165) is 16.4 Å². The lowest BCUT2D eigenvalue weighted by molar-refractivity contribution is -0.137. The molecular formula is C11H11BrF3NO3S. The lowest BCUT2D eigenvalue weighted by Crippen LogP contribution is -2.31. The molecule has 20 heavy (non-hydrogen) atoms. The monoisotopic (exact) mass is 373 g/mol. The first-order chi connectivity index (χ1) is 9.12. The molecule has 0 amide bonds. The summed E-state index contributed by atoms with van der Waals surface area (Å²) in [7, 11) is -2.69. The molecule has 1 saturated heterocycles. The normalized spacial score (nSPS) is 19.4. The molecule has 0 N–H and O–H groups in total. The third-order valence-electron chi connectivity index (χ3n) is 2.81. The quantitative estimate of drug-likeness (QED) is 0.761. The Morgan fingerprint density at radius 1 is 1.45 bits per heavy atom. The molecule has 0 bridgehead atoms. The van der Waals surface area contributed by atoms with E-state index in [1.165, 1.54) is 7.05 Å². The van der Waals surface area contributed by atoms with Crippen molar-refractivity contribution in [1.29, 1.82) is 0 Å². The fourth-order valence-corrected chi connectivity index (χ4v) is 3.75. The smallest absolute Gasteiger partial charge is 0.372 e. The number of epoxide rings is 1. The Hall–Kier alpha value is -0.640. The van der Waals surface area contributed by atoms with Gasteiger partial charge in [-0.3, -0.25) is 0 Å². The first-order valence-corrected chi connectivity index (χ1v) is 7.80. The predicted molar refractivity (Wildman–Crippen MR) is 68.7 cm³/mol. The molecule has 0 aromatic heterocycles. The van der Waals surface area contributed by atoms with Crippen LogP contribution in [0.2, 0.25) is 0 Å². The van der Waals surface area contributed by atoms with E-state index in [4.69, 9.17) is 4.74 Å². The summed E-state index contributed by atoms with van der Waals surface area (Å²) in [6, 6.07) is 2.54. The molecular weight excluding hydrogens is 363 g/mol. The molecule has 1 unspecified atom stereocenters. The highest BCUT2D eigenvalue weighted by Gasteiger charge is 2.35. The Bertz CT molecular complexity index is 614. The first-order valence-electron chi connectivity index (χ1n) is 5.57. The Labute approximate surface area is 122 Å². The van der Waals surface area contributed by atoms with Gasteiger partial charge in [0.05, 0.1) is 23.2 Å². The number of likely N-dealkylation sites (N-methyl/N-ethyl adjacent to an activating group) is 1. The maximum atomic E-state index is 12.7. The van der Waals surface area contributed by atoms with Crippen molar-refractivity contribution in [1.82, 2.24) is 4.31 Å². The number of hydrogen-bond donors (Lipinski definition) is 0. The van der Waals surface area contributed by atoms with Gasteiger partial charge in [-0.25, -0.2) is 8.42 Å². The molecule has 0 saturated carbocycles. The average molecular weight is 374 g/mol. The van der Waals surface area contributed by atoms with Crippen molar-refractivity contribution in [2.75, 3.05) is 20.2 Å². The molecule has 1 aliphatic rings. The van der Waals surface area contributed by atoms with E-state index in [-0.39, 0.29) is 17.1 Å². The molecule has 1 fully saturated rings. The van der Waals surface area contributed by atoms with Gasteiger partial charge in [0.1, 0.15) is 0 Å². The average Bonchev–Trinajstić information content (AvgIpc) is 3.11. The molecule has 4 nitrogen and oxygen atoms in total. The second-order valence-electron chi connectivity index (χ2n) is 4.38. The van der Waals surface area contributed by atoms with Crippen LogP contribution >= 0.6 is 15.9 Å². The van der Waals surface area contributed by atoms with Crippen molar-refractivity contribution in [2.45, 2.75) is 17.2 Å². The van der Waals surface area contributed by atoms with Crippen LogP contribution in [0.5, 0.6) is 0 Å². The summed E-state index contributed by atoms with van der Waals surface area (Å²) in [5.41, 5.74) is -1.00. The summed E-state index contributed by atoms with van der Waals surface area (Å²) in [6.45, 7) is 0.578. The molecule has 112 valence electrons. The minimum absolute atomic E-state index is 0.0917. The highest BCUT2D eigenvalue weighted by atomic mass is 79.9. The van der Waals surface area contributed by atoms with Gasteiger partial charge in [0.15, 0.2) is 0 Å². The summed E-state index contributed by atoms with van der Waals surface area (Å²) >= 11 is 2.98. The van der Waals surface area contributed by atoms with Crippen LogP contribution in [0.15, 0.2) is 27.6 Å². The van der Waals surface area contributed by atoms with Crippen LogP contribution in [0, 0.1) is 0 Å². The van der Waals surface area contributed by atoms with Crippen LogP contribution < -0.4 is 0 Å². The summed E-state index contributed by atoms with van der Waals surface area (Å²) < 4.78 is 68.5. The molecule has 1 atom stereocenters. The Morgan fingerprint density at radius 2 is 2.05 bits per heavy atom. The van der Waals surface area contributed by atoms with Gasteiger partial charge in [0.2, 0.25) is 10.0 Å². The largest absolute Gasteiger partial charge is 0.416 e. The van der Waals surface area contributed by atoms with Gasteiger partial charge < -0.3 is 4.74 Å². The lowest BCUT2D eigenvalue weighted by atomic mass is 10.2. The number of ether oxygens (including phenoxy) is 1. The van der Waals surface area contributed by atoms with Gasteiger partial charge in [-0.15, -0.1) is 0 Å². The molecule has 0 spiro atoms. The summed E-state index contributed by atoms with van der Waals surface area (Å²) in [4.78, 5) is -0.407. The number of nitrogens with zero attached hydrogens (tertiary/aromatic N) is 1. The highest BCUT2D eigenvalue weighted by molar-refractivity contribution is 9.10. The third kappa shape index (κ3) is 3.33. The standard InChI is InChI=1S/C11H11BrF3NO3S/c1-16(5-8-6-19-8)20(17,18)10-4-7(11(13,14)15)2-3-9(10)12/h2-4,8H,5-6H2,1H3. The van der Waals surface area contributed by atoms with Gasteiger partial charge in [0.25, 0.3) is 0 Å². The molecule has 1 heterocycles. The molecule has 1 aromatic rings. The number of sulfonamides is 1. The zero-order valence-corrected chi connectivity index (χ0v) is 12.7. The lowest BCUT2D eigenvalue weighted by Gasteiger charge is -2.18. The zero-order valence-electron chi connectivity index (χ0n) is 10.3. The molecule has 9 heteroatoms. The van der Waals surface area contributed by atoms with Crippen LogP contribution in [0.3, 0.4) is 0 Å². The van der Waals surface area contributed by atoms with Gasteiger partial charge in [-0.2, -0.15) is 17.5 Å². The Kier molecular flexibility index (Phi) is 4.16. The van der Waals surface area contributed by atoms with Crippen LogP contribution in [0.25, 0.3) is 0 Å². The van der Waals surface area contributed by atoms with E-state index in [9.17, 15) is 21.6 Å².